The van der Waals surface area contributed by atoms with Crippen LogP contribution < -0.4 is 5.32 Å². The molecule has 1 aliphatic rings. The van der Waals surface area contributed by atoms with E-state index in [4.69, 9.17) is 4.74 Å². The minimum atomic E-state index is -2.69. The number of ether oxygens (including phenoxy) is 1. The molecule has 0 spiro atoms. The van der Waals surface area contributed by atoms with Gasteiger partial charge < -0.3 is 10.1 Å². The molecule has 5 rings (SSSR count). The zero-order chi connectivity index (χ0) is 22.1. The van der Waals surface area contributed by atoms with E-state index in [0.29, 0.717) is 28.0 Å². The molecule has 4 heterocycles. The van der Waals surface area contributed by atoms with Crippen molar-refractivity contribution in [2.75, 3.05) is 25.1 Å². The third kappa shape index (κ3) is 4.19. The van der Waals surface area contributed by atoms with Crippen LogP contribution in [0.15, 0.2) is 55.0 Å². The Kier molecular flexibility index (Phi) is 5.54. The van der Waals surface area contributed by atoms with E-state index < -0.39 is 6.55 Å². The lowest BCUT2D eigenvalue weighted by Gasteiger charge is -2.33. The molecule has 0 unspecified atom stereocenters. The van der Waals surface area contributed by atoms with Gasteiger partial charge in [-0.25, -0.2) is 9.20 Å². The molecule has 1 atom stereocenters. The number of rotatable bonds is 6. The van der Waals surface area contributed by atoms with Gasteiger partial charge in [0, 0.05) is 30.9 Å². The number of nitrogens with zero attached hydrogens (tertiary/aromatic N) is 6. The molecule has 0 amide bonds. The van der Waals surface area contributed by atoms with Crippen LogP contribution in [0.3, 0.4) is 0 Å². The molecule has 166 valence electrons. The minimum Gasteiger partial charge on any atom is -0.379 e. The van der Waals surface area contributed by atoms with Gasteiger partial charge >= 0.3 is 6.55 Å². The Morgan fingerprint density at radius 1 is 1.22 bits per heavy atom. The fourth-order valence-corrected chi connectivity index (χ4v) is 3.84. The average molecular weight is 439 g/mol. The van der Waals surface area contributed by atoms with Gasteiger partial charge in [0.2, 0.25) is 5.95 Å². The number of alkyl halides is 2. The molecule has 1 saturated heterocycles. The molecule has 0 bridgehead atoms. The maximum Gasteiger partial charge on any atom is 0.333 e. The molecule has 1 N–H and O–H groups in total. The maximum atomic E-state index is 12.7. The van der Waals surface area contributed by atoms with Gasteiger partial charge in [0.05, 0.1) is 31.3 Å². The number of hydrogen-bond donors (Lipinski definition) is 1. The highest BCUT2D eigenvalue weighted by atomic mass is 19.3. The summed E-state index contributed by atoms with van der Waals surface area (Å²) in [7, 11) is 0. The number of pyridine rings is 1. The molecule has 0 radical (unpaired) electrons. The third-order valence-corrected chi connectivity index (χ3v) is 5.58. The van der Waals surface area contributed by atoms with Crippen LogP contribution in [0.2, 0.25) is 0 Å². The number of halogens is 2. The first-order valence-corrected chi connectivity index (χ1v) is 10.4. The van der Waals surface area contributed by atoms with E-state index in [0.717, 1.165) is 37.4 Å². The van der Waals surface area contributed by atoms with Crippen molar-refractivity contribution in [2.24, 2.45) is 0 Å². The van der Waals surface area contributed by atoms with Crippen LogP contribution in [-0.4, -0.2) is 55.1 Å². The fourth-order valence-electron chi connectivity index (χ4n) is 3.84. The Bertz CT molecular complexity index is 1200. The molecule has 1 fully saturated rings. The van der Waals surface area contributed by atoms with Gasteiger partial charge in [-0.15, -0.1) is 5.10 Å². The zero-order valence-electron chi connectivity index (χ0n) is 17.5. The Morgan fingerprint density at radius 2 is 2.06 bits per heavy atom. The smallest absolute Gasteiger partial charge is 0.333 e. The zero-order valence-corrected chi connectivity index (χ0v) is 17.5. The summed E-state index contributed by atoms with van der Waals surface area (Å²) in [5, 5.41) is 11.0. The SMILES string of the molecule is C[C@H]1COCCN1Cc1ccc(-c2cccn3nc(Nc4cnn(C(F)F)c4)nc23)cc1. The van der Waals surface area contributed by atoms with Crippen LogP contribution in [0.4, 0.5) is 20.4 Å². The van der Waals surface area contributed by atoms with Crippen molar-refractivity contribution in [3.63, 3.8) is 0 Å². The second-order valence-corrected chi connectivity index (χ2v) is 7.83. The van der Waals surface area contributed by atoms with Crippen molar-refractivity contribution in [2.45, 2.75) is 26.1 Å². The van der Waals surface area contributed by atoms with Crippen LogP contribution >= 0.6 is 0 Å². The van der Waals surface area contributed by atoms with Gasteiger partial charge in [0.15, 0.2) is 5.65 Å². The van der Waals surface area contributed by atoms with Crippen molar-refractivity contribution >= 4 is 17.3 Å². The first kappa shape index (κ1) is 20.5. The van der Waals surface area contributed by atoms with Crippen LogP contribution in [0.5, 0.6) is 0 Å². The van der Waals surface area contributed by atoms with Crippen molar-refractivity contribution < 1.29 is 13.5 Å². The van der Waals surface area contributed by atoms with Crippen molar-refractivity contribution in [3.05, 3.63) is 60.6 Å². The van der Waals surface area contributed by atoms with Gasteiger partial charge in [0.1, 0.15) is 0 Å². The van der Waals surface area contributed by atoms with Gasteiger partial charge in [-0.3, -0.25) is 4.90 Å². The van der Waals surface area contributed by atoms with E-state index in [1.807, 2.05) is 12.1 Å². The molecular weight excluding hydrogens is 416 g/mol. The van der Waals surface area contributed by atoms with Gasteiger partial charge in [0.25, 0.3) is 0 Å². The number of morpholine rings is 1. The maximum absolute atomic E-state index is 12.7. The second-order valence-electron chi connectivity index (χ2n) is 7.83. The van der Waals surface area contributed by atoms with Gasteiger partial charge in [-0.2, -0.15) is 18.9 Å². The van der Waals surface area contributed by atoms with Crippen molar-refractivity contribution in [3.8, 4) is 11.1 Å². The molecule has 3 aromatic heterocycles. The number of fused-ring (bicyclic) bond motifs is 1. The van der Waals surface area contributed by atoms with Crippen LogP contribution in [0.1, 0.15) is 19.0 Å². The number of benzene rings is 1. The summed E-state index contributed by atoms with van der Waals surface area (Å²) >= 11 is 0. The molecule has 0 saturated carbocycles. The molecular formula is C22H23F2N7O. The van der Waals surface area contributed by atoms with E-state index >= 15 is 0 Å². The average Bonchev–Trinajstić information content (AvgIpc) is 3.43. The lowest BCUT2D eigenvalue weighted by Crippen LogP contribution is -2.42. The van der Waals surface area contributed by atoms with Gasteiger partial charge in [-0.1, -0.05) is 24.3 Å². The third-order valence-electron chi connectivity index (χ3n) is 5.58. The number of aromatic nitrogens is 5. The molecule has 1 aromatic carbocycles. The van der Waals surface area contributed by atoms with E-state index in [1.165, 1.54) is 18.0 Å². The molecule has 4 aromatic rings. The Hall–Kier alpha value is -3.37. The van der Waals surface area contributed by atoms with Gasteiger partial charge in [-0.05, 0) is 30.2 Å². The van der Waals surface area contributed by atoms with Crippen molar-refractivity contribution in [1.82, 2.24) is 29.3 Å². The van der Waals surface area contributed by atoms with E-state index in [1.54, 1.807) is 10.7 Å². The predicted molar refractivity (Wildman–Crippen MR) is 116 cm³/mol. The number of hydrogen-bond acceptors (Lipinski definition) is 6. The minimum absolute atomic E-state index is 0.309. The Balaban J connectivity index is 1.36. The summed E-state index contributed by atoms with van der Waals surface area (Å²) in [4.78, 5) is 6.98. The summed E-state index contributed by atoms with van der Waals surface area (Å²) in [5.74, 6) is 0.309. The fraction of sp³-hybridized carbons (Fsp3) is 0.318. The molecule has 1 aliphatic heterocycles. The van der Waals surface area contributed by atoms with Crippen LogP contribution in [0, 0.1) is 0 Å². The normalized spacial score (nSPS) is 17.3. The van der Waals surface area contributed by atoms with Crippen LogP contribution in [-0.2, 0) is 11.3 Å². The summed E-state index contributed by atoms with van der Waals surface area (Å²) in [6.07, 6.45) is 4.33. The summed E-state index contributed by atoms with van der Waals surface area (Å²) in [5.41, 5.74) is 4.27. The van der Waals surface area contributed by atoms with Crippen LogP contribution in [0.25, 0.3) is 16.8 Å². The largest absolute Gasteiger partial charge is 0.379 e. The summed E-state index contributed by atoms with van der Waals surface area (Å²) < 4.78 is 33.2. The molecule has 8 nitrogen and oxygen atoms in total. The van der Waals surface area contributed by atoms with Crippen molar-refractivity contribution in [1.29, 1.82) is 0 Å². The molecule has 32 heavy (non-hydrogen) atoms. The topological polar surface area (TPSA) is 72.5 Å². The number of anilines is 2. The highest BCUT2D eigenvalue weighted by molar-refractivity contribution is 5.78. The molecule has 10 heteroatoms. The number of nitrogens with one attached hydrogen (secondary N) is 1. The predicted octanol–water partition coefficient (Wildman–Crippen LogP) is 3.95. The van der Waals surface area contributed by atoms with E-state index in [2.05, 4.69) is 56.6 Å². The quantitative estimate of drug-likeness (QED) is 0.491. The Labute approximate surface area is 183 Å². The van der Waals surface area contributed by atoms with E-state index in [-0.39, 0.29) is 0 Å². The molecule has 0 aliphatic carbocycles. The van der Waals surface area contributed by atoms with E-state index in [9.17, 15) is 8.78 Å². The highest BCUT2D eigenvalue weighted by Crippen LogP contribution is 2.26. The second kappa shape index (κ2) is 8.64. The standard InChI is InChI=1S/C22H23F2N7O/c1-15-14-32-10-9-29(15)12-16-4-6-17(7-5-16)19-3-2-8-30-20(19)27-22(28-30)26-18-11-25-31(13-18)21(23)24/h2-8,11,13,15,21H,9-10,12,14H2,1H3,(H,26,28)/t15-/m0/s1. The lowest BCUT2D eigenvalue weighted by atomic mass is 10.0. The highest BCUT2D eigenvalue weighted by Gasteiger charge is 2.19. The summed E-state index contributed by atoms with van der Waals surface area (Å²) in [6, 6.07) is 12.7. The summed E-state index contributed by atoms with van der Waals surface area (Å²) in [6.45, 7) is 2.86. The Morgan fingerprint density at radius 3 is 2.81 bits per heavy atom. The first-order valence-electron chi connectivity index (χ1n) is 10.4. The monoisotopic (exact) mass is 439 g/mol. The lowest BCUT2D eigenvalue weighted by molar-refractivity contribution is -0.00436. The first-order chi connectivity index (χ1) is 15.6.